The lowest BCUT2D eigenvalue weighted by Crippen LogP contribution is -2.18. The van der Waals surface area contributed by atoms with Crippen molar-refractivity contribution in [3.05, 3.63) is 48.2 Å². The Hall–Kier alpha value is -1.58. The Labute approximate surface area is 121 Å². The van der Waals surface area contributed by atoms with Gasteiger partial charge in [-0.2, -0.15) is 0 Å². The summed E-state index contributed by atoms with van der Waals surface area (Å²) in [6, 6.07) is 8.80. The molecular formula is C17H24N2O. The Balaban J connectivity index is 2.10. The zero-order valence-electron chi connectivity index (χ0n) is 12.5. The number of nitrogens with zero attached hydrogens (tertiary/aromatic N) is 1. The summed E-state index contributed by atoms with van der Waals surface area (Å²) >= 11 is 0. The molecule has 0 bridgehead atoms. The molecule has 20 heavy (non-hydrogen) atoms. The minimum absolute atomic E-state index is 0.745. The monoisotopic (exact) mass is 272 g/mol. The highest BCUT2D eigenvalue weighted by atomic mass is 16.5. The first-order valence-electron chi connectivity index (χ1n) is 7.18. The van der Waals surface area contributed by atoms with Gasteiger partial charge in [0.05, 0.1) is 6.61 Å². The van der Waals surface area contributed by atoms with Crippen molar-refractivity contribution in [2.24, 2.45) is 0 Å². The smallest absolute Gasteiger partial charge is 0.0587 e. The van der Waals surface area contributed by atoms with E-state index in [0.717, 1.165) is 32.7 Å². The van der Waals surface area contributed by atoms with Crippen LogP contribution in [0.5, 0.6) is 0 Å². The molecule has 0 unspecified atom stereocenters. The van der Waals surface area contributed by atoms with Gasteiger partial charge >= 0.3 is 0 Å². The van der Waals surface area contributed by atoms with Crippen LogP contribution in [0, 0.1) is 0 Å². The average molecular weight is 272 g/mol. The first-order valence-corrected chi connectivity index (χ1v) is 7.18. The van der Waals surface area contributed by atoms with Crippen molar-refractivity contribution in [2.75, 3.05) is 20.3 Å². The number of nitrogens with one attached hydrogen (secondary N) is 1. The van der Waals surface area contributed by atoms with Gasteiger partial charge in [-0.1, -0.05) is 31.2 Å². The maximum absolute atomic E-state index is 5.04. The molecule has 108 valence electrons. The molecule has 3 heteroatoms. The van der Waals surface area contributed by atoms with Crippen LogP contribution in [0.2, 0.25) is 0 Å². The summed E-state index contributed by atoms with van der Waals surface area (Å²) in [6.07, 6.45) is 3.17. The molecule has 0 aliphatic rings. The normalized spacial score (nSPS) is 11.1. The number of fused-ring (bicyclic) bond motifs is 1. The fraction of sp³-hybridized carbons (Fsp3) is 0.412. The van der Waals surface area contributed by atoms with Crippen molar-refractivity contribution in [3.8, 4) is 0 Å². The van der Waals surface area contributed by atoms with Gasteiger partial charge in [0.25, 0.3) is 0 Å². The van der Waals surface area contributed by atoms with E-state index >= 15 is 0 Å². The molecule has 0 radical (unpaired) electrons. The van der Waals surface area contributed by atoms with Gasteiger partial charge < -0.3 is 14.6 Å². The van der Waals surface area contributed by atoms with Gasteiger partial charge in [-0.25, -0.2) is 0 Å². The van der Waals surface area contributed by atoms with Crippen molar-refractivity contribution >= 4 is 10.9 Å². The van der Waals surface area contributed by atoms with Crippen LogP contribution in [-0.4, -0.2) is 24.8 Å². The Morgan fingerprint density at radius 3 is 2.95 bits per heavy atom. The molecule has 1 aromatic heterocycles. The summed E-state index contributed by atoms with van der Waals surface area (Å²) in [7, 11) is 1.72. The van der Waals surface area contributed by atoms with Crippen molar-refractivity contribution in [3.63, 3.8) is 0 Å². The number of methoxy groups -OCH3 is 1. The third kappa shape index (κ3) is 3.71. The summed E-state index contributed by atoms with van der Waals surface area (Å²) in [5.41, 5.74) is 3.84. The Kier molecular flexibility index (Phi) is 5.39. The van der Waals surface area contributed by atoms with Crippen LogP contribution >= 0.6 is 0 Å². The molecule has 3 nitrogen and oxygen atoms in total. The quantitative estimate of drug-likeness (QED) is 0.589. The van der Waals surface area contributed by atoms with Gasteiger partial charge in [0.1, 0.15) is 0 Å². The second kappa shape index (κ2) is 7.27. The molecule has 0 spiro atoms. The molecule has 0 saturated carbocycles. The number of hydrogen-bond donors (Lipinski definition) is 1. The molecule has 0 amide bonds. The van der Waals surface area contributed by atoms with Crippen LogP contribution in [0.3, 0.4) is 0 Å². The lowest BCUT2D eigenvalue weighted by molar-refractivity contribution is 0.199. The number of rotatable bonds is 8. The standard InChI is InChI=1S/C17H24N2O/c1-4-14(2)13-19-9-7-16-6-5-15(11-17(16)19)12-18-8-10-20-3/h5-7,9,11,18H,2,4,8,10,12-13H2,1,3H3. The van der Waals surface area contributed by atoms with E-state index in [1.54, 1.807) is 7.11 Å². The second-order valence-corrected chi connectivity index (χ2v) is 5.11. The molecule has 1 aromatic carbocycles. The lowest BCUT2D eigenvalue weighted by Gasteiger charge is -2.09. The number of benzene rings is 1. The van der Waals surface area contributed by atoms with Gasteiger partial charge in [-0.3, -0.25) is 0 Å². The Morgan fingerprint density at radius 1 is 1.35 bits per heavy atom. The van der Waals surface area contributed by atoms with E-state index in [1.165, 1.54) is 22.0 Å². The number of aromatic nitrogens is 1. The summed E-state index contributed by atoms with van der Waals surface area (Å²) in [5, 5.41) is 4.67. The lowest BCUT2D eigenvalue weighted by atomic mass is 10.1. The Bertz CT molecular complexity index is 571. The van der Waals surface area contributed by atoms with Crippen molar-refractivity contribution in [2.45, 2.75) is 26.4 Å². The predicted octanol–water partition coefficient (Wildman–Crippen LogP) is 3.34. The second-order valence-electron chi connectivity index (χ2n) is 5.11. The highest BCUT2D eigenvalue weighted by molar-refractivity contribution is 5.80. The highest BCUT2D eigenvalue weighted by Gasteiger charge is 2.03. The van der Waals surface area contributed by atoms with Crippen LogP contribution in [0.15, 0.2) is 42.6 Å². The Morgan fingerprint density at radius 2 is 2.20 bits per heavy atom. The highest BCUT2D eigenvalue weighted by Crippen LogP contribution is 2.19. The van der Waals surface area contributed by atoms with Gasteiger partial charge in [0.15, 0.2) is 0 Å². The molecular weight excluding hydrogens is 248 g/mol. The molecule has 1 heterocycles. The maximum atomic E-state index is 5.04. The molecule has 2 rings (SSSR count). The van der Waals surface area contributed by atoms with Crippen molar-refractivity contribution < 1.29 is 4.74 Å². The molecule has 0 saturated heterocycles. The van der Waals surface area contributed by atoms with E-state index in [1.807, 2.05) is 0 Å². The molecule has 2 aromatic rings. The molecule has 0 fully saturated rings. The first kappa shape index (κ1) is 14.8. The minimum atomic E-state index is 0.745. The summed E-state index contributed by atoms with van der Waals surface area (Å²) in [6.45, 7) is 9.65. The average Bonchev–Trinajstić information content (AvgIpc) is 2.86. The largest absolute Gasteiger partial charge is 0.383 e. The fourth-order valence-electron chi connectivity index (χ4n) is 2.24. The predicted molar refractivity (Wildman–Crippen MR) is 85.0 cm³/mol. The van der Waals surface area contributed by atoms with E-state index in [9.17, 15) is 0 Å². The summed E-state index contributed by atoms with van der Waals surface area (Å²) in [5.74, 6) is 0. The van der Waals surface area contributed by atoms with Gasteiger partial charge in [-0.15, -0.1) is 0 Å². The van der Waals surface area contributed by atoms with Crippen LogP contribution in [-0.2, 0) is 17.8 Å². The zero-order chi connectivity index (χ0) is 14.4. The topological polar surface area (TPSA) is 26.2 Å². The zero-order valence-corrected chi connectivity index (χ0v) is 12.5. The summed E-state index contributed by atoms with van der Waals surface area (Å²) in [4.78, 5) is 0. The fourth-order valence-corrected chi connectivity index (χ4v) is 2.24. The number of ether oxygens (including phenoxy) is 1. The van der Waals surface area contributed by atoms with Gasteiger partial charge in [0, 0.05) is 38.5 Å². The molecule has 0 aliphatic carbocycles. The minimum Gasteiger partial charge on any atom is -0.383 e. The van der Waals surface area contributed by atoms with E-state index < -0.39 is 0 Å². The van der Waals surface area contributed by atoms with E-state index in [4.69, 9.17) is 4.74 Å². The number of allylic oxidation sites excluding steroid dienone is 1. The van der Waals surface area contributed by atoms with Gasteiger partial charge in [-0.05, 0) is 29.5 Å². The SMILES string of the molecule is C=C(CC)Cn1ccc2ccc(CNCCOC)cc21. The summed E-state index contributed by atoms with van der Waals surface area (Å²) < 4.78 is 7.31. The van der Waals surface area contributed by atoms with E-state index in [2.05, 4.69) is 53.8 Å². The maximum Gasteiger partial charge on any atom is 0.0587 e. The van der Waals surface area contributed by atoms with Crippen molar-refractivity contribution in [1.29, 1.82) is 0 Å². The molecule has 1 N–H and O–H groups in total. The van der Waals surface area contributed by atoms with Crippen LogP contribution in [0.1, 0.15) is 18.9 Å². The first-order chi connectivity index (χ1) is 9.74. The molecule has 0 aliphatic heterocycles. The molecule has 0 atom stereocenters. The third-order valence-electron chi connectivity index (χ3n) is 3.54. The van der Waals surface area contributed by atoms with E-state index in [0.29, 0.717) is 0 Å². The van der Waals surface area contributed by atoms with Crippen LogP contribution < -0.4 is 5.32 Å². The third-order valence-corrected chi connectivity index (χ3v) is 3.54. The van der Waals surface area contributed by atoms with Crippen molar-refractivity contribution in [1.82, 2.24) is 9.88 Å². The van der Waals surface area contributed by atoms with Crippen LogP contribution in [0.25, 0.3) is 10.9 Å². The van der Waals surface area contributed by atoms with Crippen LogP contribution in [0.4, 0.5) is 0 Å². The van der Waals surface area contributed by atoms with E-state index in [-0.39, 0.29) is 0 Å². The number of hydrogen-bond acceptors (Lipinski definition) is 2. The van der Waals surface area contributed by atoms with Gasteiger partial charge in [0.2, 0.25) is 0 Å².